The van der Waals surface area contributed by atoms with Gasteiger partial charge in [-0.2, -0.15) is 0 Å². The Kier molecular flexibility index (Phi) is 20.4. The van der Waals surface area contributed by atoms with E-state index in [1.54, 1.807) is 0 Å². The fourth-order valence-electron chi connectivity index (χ4n) is 6.33. The number of likely N-dealkylation sites (tertiary alicyclic amines) is 3. The lowest BCUT2D eigenvalue weighted by molar-refractivity contribution is 0.0582. The molecule has 0 aromatic heterocycles. The third-order valence-corrected chi connectivity index (χ3v) is 7.94. The average Bonchev–Trinajstić information content (AvgIpc) is 3.50. The first-order chi connectivity index (χ1) is 16.8. The van der Waals surface area contributed by atoms with Crippen molar-refractivity contribution in [2.75, 3.05) is 19.6 Å². The van der Waals surface area contributed by atoms with Gasteiger partial charge in [-0.3, -0.25) is 14.7 Å². The van der Waals surface area contributed by atoms with Crippen LogP contribution in [0.3, 0.4) is 0 Å². The van der Waals surface area contributed by atoms with E-state index in [1.165, 1.54) is 58.2 Å². The molecule has 3 rings (SSSR count). The molecule has 0 aromatic rings. The highest BCUT2D eigenvalue weighted by Gasteiger charge is 2.39. The normalized spacial score (nSPS) is 24.9. The van der Waals surface area contributed by atoms with E-state index in [2.05, 4.69) is 112 Å². The lowest BCUT2D eigenvalue weighted by atomic mass is 9.83. The lowest BCUT2D eigenvalue weighted by Gasteiger charge is -2.43. The van der Waals surface area contributed by atoms with Crippen LogP contribution in [0.15, 0.2) is 0 Å². The van der Waals surface area contributed by atoms with Gasteiger partial charge >= 0.3 is 0 Å². The zero-order valence-corrected chi connectivity index (χ0v) is 29.4. The largest absolute Gasteiger partial charge is 0.296 e. The number of hydrogen-bond acceptors (Lipinski definition) is 3. The molecule has 3 heterocycles. The fraction of sp³-hybridized carbons (Fsp3) is 1.00. The lowest BCUT2D eigenvalue weighted by Crippen LogP contribution is -2.49. The highest BCUT2D eigenvalue weighted by Crippen LogP contribution is 2.36. The zero-order valence-electron chi connectivity index (χ0n) is 29.4. The van der Waals surface area contributed by atoms with Gasteiger partial charge in [0.25, 0.3) is 0 Å². The Morgan fingerprint density at radius 2 is 0.711 bits per heavy atom. The SMILES string of the molecule is C.CC.CC.CC(C)(C)C1CCCN1C(C)(C)C.C[C@@H]1CCCN1C(C)(C)C.C[C@H]1CCCN1C(C)(C)C. The maximum atomic E-state index is 2.67. The van der Waals surface area contributed by atoms with Crippen molar-refractivity contribution in [3.05, 3.63) is 0 Å². The molecule has 0 bridgehead atoms. The maximum absolute atomic E-state index is 2.67. The molecule has 3 heteroatoms. The maximum Gasteiger partial charge on any atom is 0.0149 e. The molecule has 0 amide bonds. The summed E-state index contributed by atoms with van der Waals surface area (Å²) >= 11 is 0. The molecule has 1 unspecified atom stereocenters. The second-order valence-electron chi connectivity index (χ2n) is 15.1. The van der Waals surface area contributed by atoms with Gasteiger partial charge in [0.1, 0.15) is 0 Å². The zero-order chi connectivity index (χ0) is 29.8. The van der Waals surface area contributed by atoms with Gasteiger partial charge in [-0.25, -0.2) is 0 Å². The molecular weight excluding hydrogens is 462 g/mol. The number of hydrogen-bond donors (Lipinski definition) is 0. The molecule has 0 saturated carbocycles. The molecular formula is C35H79N3. The minimum atomic E-state index is 0. The summed E-state index contributed by atoms with van der Waals surface area (Å²) in [6.07, 6.45) is 8.30. The van der Waals surface area contributed by atoms with Crippen LogP contribution in [0.5, 0.6) is 0 Å². The van der Waals surface area contributed by atoms with Crippen molar-refractivity contribution in [2.24, 2.45) is 5.41 Å². The van der Waals surface area contributed by atoms with Crippen LogP contribution in [0.25, 0.3) is 0 Å². The average molecular weight is 542 g/mol. The molecule has 0 aromatic carbocycles. The van der Waals surface area contributed by atoms with Gasteiger partial charge in [-0.15, -0.1) is 0 Å². The van der Waals surface area contributed by atoms with Gasteiger partial charge in [0.15, 0.2) is 0 Å². The summed E-state index contributed by atoms with van der Waals surface area (Å²) in [7, 11) is 0. The van der Waals surface area contributed by atoms with Crippen molar-refractivity contribution in [2.45, 2.75) is 205 Å². The molecule has 3 nitrogen and oxygen atoms in total. The first kappa shape index (κ1) is 42.3. The molecule has 234 valence electrons. The molecule has 3 aliphatic heterocycles. The third-order valence-electron chi connectivity index (χ3n) is 7.94. The summed E-state index contributed by atoms with van der Waals surface area (Å²) in [5.74, 6) is 0. The smallest absolute Gasteiger partial charge is 0.0149 e. The van der Waals surface area contributed by atoms with Crippen LogP contribution >= 0.6 is 0 Å². The van der Waals surface area contributed by atoms with Crippen LogP contribution in [-0.4, -0.2) is 69.1 Å². The number of nitrogens with zero attached hydrogens (tertiary/aromatic N) is 3. The molecule has 3 atom stereocenters. The van der Waals surface area contributed by atoms with Crippen molar-refractivity contribution in [1.29, 1.82) is 0 Å². The minimum Gasteiger partial charge on any atom is -0.296 e. The first-order valence-corrected chi connectivity index (χ1v) is 16.1. The fourth-order valence-corrected chi connectivity index (χ4v) is 6.33. The number of rotatable bonds is 0. The Morgan fingerprint density at radius 1 is 0.447 bits per heavy atom. The second kappa shape index (κ2) is 18.3. The van der Waals surface area contributed by atoms with Crippen LogP contribution in [0.4, 0.5) is 0 Å². The molecule has 3 aliphatic rings. The second-order valence-corrected chi connectivity index (χ2v) is 15.1. The van der Waals surface area contributed by atoms with Gasteiger partial charge < -0.3 is 0 Å². The summed E-state index contributed by atoms with van der Waals surface area (Å²) in [6, 6.07) is 2.38. The van der Waals surface area contributed by atoms with Crippen LogP contribution < -0.4 is 0 Å². The molecule has 0 aliphatic carbocycles. The van der Waals surface area contributed by atoms with Crippen molar-refractivity contribution in [1.82, 2.24) is 14.7 Å². The Morgan fingerprint density at radius 3 is 0.868 bits per heavy atom. The first-order valence-electron chi connectivity index (χ1n) is 16.1. The Bertz CT molecular complexity index is 506. The molecule has 38 heavy (non-hydrogen) atoms. The van der Waals surface area contributed by atoms with Crippen LogP contribution in [0, 0.1) is 5.41 Å². The van der Waals surface area contributed by atoms with Gasteiger partial charge in [0, 0.05) is 34.7 Å². The molecule has 3 fully saturated rings. The summed E-state index contributed by atoms with van der Waals surface area (Å²) in [6.45, 7) is 44.4. The Hall–Kier alpha value is -0.120. The molecule has 0 spiro atoms. The molecule has 0 N–H and O–H groups in total. The van der Waals surface area contributed by atoms with Gasteiger partial charge in [-0.1, -0.05) is 55.9 Å². The highest BCUT2D eigenvalue weighted by atomic mass is 15.2. The van der Waals surface area contributed by atoms with E-state index in [4.69, 9.17) is 0 Å². The van der Waals surface area contributed by atoms with E-state index >= 15 is 0 Å². The Balaban J connectivity index is -0.000000451. The summed E-state index contributed by atoms with van der Waals surface area (Å²) in [5.41, 5.74) is 1.55. The standard InChI is InChI=1S/C12H25N.2C9H19N.2C2H6.CH4/c1-11(2,3)10-8-7-9-13(10)12(4,5)6;2*1-8-6-5-7-10(8)9(2,3)4;2*1-2;/h10H,7-9H2,1-6H3;2*8H,5-7H2,1-4H3;2*1-2H3;1H4/t;2*8-;;;/m.10.../s1. The van der Waals surface area contributed by atoms with Gasteiger partial charge in [0.2, 0.25) is 0 Å². The van der Waals surface area contributed by atoms with Crippen molar-refractivity contribution < 1.29 is 0 Å². The third kappa shape index (κ3) is 15.0. The summed E-state index contributed by atoms with van der Waals surface area (Å²) < 4.78 is 0. The van der Waals surface area contributed by atoms with E-state index in [1.807, 2.05) is 27.7 Å². The van der Waals surface area contributed by atoms with E-state index in [0.29, 0.717) is 22.0 Å². The molecule has 0 radical (unpaired) electrons. The summed E-state index contributed by atoms with van der Waals surface area (Å²) in [4.78, 5) is 7.85. The predicted molar refractivity (Wildman–Crippen MR) is 179 cm³/mol. The Labute approximate surface area is 244 Å². The van der Waals surface area contributed by atoms with E-state index < -0.39 is 0 Å². The van der Waals surface area contributed by atoms with Gasteiger partial charge in [0.05, 0.1) is 0 Å². The van der Waals surface area contributed by atoms with Crippen molar-refractivity contribution in [3.8, 4) is 0 Å². The van der Waals surface area contributed by atoms with E-state index in [9.17, 15) is 0 Å². The monoisotopic (exact) mass is 542 g/mol. The minimum absolute atomic E-state index is 0. The molecule has 3 saturated heterocycles. The van der Waals surface area contributed by atoms with Crippen LogP contribution in [0.2, 0.25) is 0 Å². The van der Waals surface area contributed by atoms with E-state index in [-0.39, 0.29) is 7.43 Å². The van der Waals surface area contributed by atoms with Crippen molar-refractivity contribution >= 4 is 0 Å². The van der Waals surface area contributed by atoms with Crippen LogP contribution in [-0.2, 0) is 0 Å². The highest BCUT2D eigenvalue weighted by molar-refractivity contribution is 4.94. The van der Waals surface area contributed by atoms with Crippen molar-refractivity contribution in [3.63, 3.8) is 0 Å². The summed E-state index contributed by atoms with van der Waals surface area (Å²) in [5, 5.41) is 0. The predicted octanol–water partition coefficient (Wildman–Crippen LogP) is 10.5. The van der Waals surface area contributed by atoms with Gasteiger partial charge in [-0.05, 0) is 140 Å². The quantitative estimate of drug-likeness (QED) is 0.302. The van der Waals surface area contributed by atoms with E-state index in [0.717, 1.165) is 18.1 Å². The van der Waals surface area contributed by atoms with Crippen LogP contribution in [0.1, 0.15) is 171 Å². The topological polar surface area (TPSA) is 9.72 Å².